The smallest absolute Gasteiger partial charge is 0.251 e. The number of pyridine rings is 1. The zero-order valence-electron chi connectivity index (χ0n) is 20.3. The Kier molecular flexibility index (Phi) is 6.37. The molecule has 0 saturated carbocycles. The molecule has 1 unspecified atom stereocenters. The Hall–Kier alpha value is -3.92. The van der Waals surface area contributed by atoms with Crippen molar-refractivity contribution in [2.45, 2.75) is 39.7 Å². The van der Waals surface area contributed by atoms with Gasteiger partial charge < -0.3 is 4.57 Å². The van der Waals surface area contributed by atoms with Gasteiger partial charge in [-0.3, -0.25) is 14.5 Å². The molecule has 0 aliphatic carbocycles. The lowest BCUT2D eigenvalue weighted by atomic mass is 9.94. The minimum atomic E-state index is 0.00437. The van der Waals surface area contributed by atoms with Crippen molar-refractivity contribution in [2.24, 2.45) is 5.92 Å². The monoisotopic (exact) mass is 462 g/mol. The summed E-state index contributed by atoms with van der Waals surface area (Å²) in [6.07, 6.45) is 4.47. The van der Waals surface area contributed by atoms with E-state index in [1.165, 1.54) is 5.56 Å². The first-order chi connectivity index (χ1) is 17.0. The third-order valence-electron chi connectivity index (χ3n) is 6.90. The third-order valence-corrected chi connectivity index (χ3v) is 6.90. The molecule has 0 spiro atoms. The van der Waals surface area contributed by atoms with E-state index in [1.807, 2.05) is 55.1 Å². The number of amides is 1. The summed E-state index contributed by atoms with van der Waals surface area (Å²) >= 11 is 0. The highest BCUT2D eigenvalue weighted by atomic mass is 16.2. The molecule has 0 saturated heterocycles. The van der Waals surface area contributed by atoms with Gasteiger partial charge in [-0.25, -0.2) is 0 Å². The molecule has 0 radical (unpaired) electrons. The molecule has 5 rings (SSSR count). The van der Waals surface area contributed by atoms with Gasteiger partial charge in [-0.05, 0) is 67.5 Å². The second-order valence-corrected chi connectivity index (χ2v) is 9.25. The second kappa shape index (κ2) is 9.75. The Bertz CT molecular complexity index is 1450. The normalized spacial score (nSPS) is 16.3. The zero-order valence-corrected chi connectivity index (χ0v) is 20.3. The average Bonchev–Trinajstić information content (AvgIpc) is 3.04. The van der Waals surface area contributed by atoms with E-state index >= 15 is 0 Å². The fourth-order valence-electron chi connectivity index (χ4n) is 5.13. The van der Waals surface area contributed by atoms with Gasteiger partial charge in [0.05, 0.1) is 11.2 Å². The van der Waals surface area contributed by atoms with Crippen LogP contribution in [0, 0.1) is 12.8 Å². The van der Waals surface area contributed by atoms with E-state index in [-0.39, 0.29) is 17.4 Å². The predicted octanol–water partition coefficient (Wildman–Crippen LogP) is 6.36. The van der Waals surface area contributed by atoms with E-state index in [4.69, 9.17) is 0 Å². The van der Waals surface area contributed by atoms with E-state index in [2.05, 4.69) is 48.5 Å². The van der Waals surface area contributed by atoms with E-state index in [9.17, 15) is 9.59 Å². The Labute approximate surface area is 206 Å². The summed E-state index contributed by atoms with van der Waals surface area (Å²) in [6.45, 7) is 4.54. The topological polar surface area (TPSA) is 42.3 Å². The minimum absolute atomic E-state index is 0.00437. The van der Waals surface area contributed by atoms with Crippen molar-refractivity contribution in [2.75, 3.05) is 4.90 Å². The molecular formula is C31H30N2O2. The molecule has 1 aliphatic heterocycles. The molecule has 0 fully saturated rings. The van der Waals surface area contributed by atoms with Crippen LogP contribution in [0.15, 0.2) is 95.8 Å². The SMILES string of the molecule is CCn1c(=O)cc(C)c2cc(N3C(=O)CCC(Cc4ccccc4)C=C3c3ccccc3)ccc21. The van der Waals surface area contributed by atoms with Crippen molar-refractivity contribution < 1.29 is 4.79 Å². The van der Waals surface area contributed by atoms with Gasteiger partial charge in [0.25, 0.3) is 5.56 Å². The quantitative estimate of drug-likeness (QED) is 0.346. The highest BCUT2D eigenvalue weighted by Gasteiger charge is 2.27. The van der Waals surface area contributed by atoms with E-state index in [0.29, 0.717) is 13.0 Å². The predicted molar refractivity (Wildman–Crippen MR) is 143 cm³/mol. The van der Waals surface area contributed by atoms with E-state index in [1.54, 1.807) is 10.6 Å². The maximum Gasteiger partial charge on any atom is 0.251 e. The number of nitrogens with zero attached hydrogens (tertiary/aromatic N) is 2. The number of allylic oxidation sites excluding steroid dienone is 1. The molecule has 1 aliphatic rings. The summed E-state index contributed by atoms with van der Waals surface area (Å²) in [5.41, 5.74) is 5.89. The number of anilines is 1. The minimum Gasteiger partial charge on any atom is -0.309 e. The van der Waals surface area contributed by atoms with Crippen LogP contribution in [0.1, 0.15) is 36.5 Å². The number of carbonyl (C=O) groups excluding carboxylic acids is 1. The van der Waals surface area contributed by atoms with Crippen molar-refractivity contribution >= 4 is 28.2 Å². The van der Waals surface area contributed by atoms with Gasteiger partial charge in [-0.1, -0.05) is 66.7 Å². The van der Waals surface area contributed by atoms with Crippen LogP contribution < -0.4 is 10.5 Å². The van der Waals surface area contributed by atoms with Crippen LogP contribution in [-0.4, -0.2) is 10.5 Å². The van der Waals surface area contributed by atoms with Gasteiger partial charge in [0.2, 0.25) is 5.91 Å². The number of carbonyl (C=O) groups is 1. The molecular weight excluding hydrogens is 432 g/mol. The summed E-state index contributed by atoms with van der Waals surface area (Å²) in [6, 6.07) is 28.3. The lowest BCUT2D eigenvalue weighted by molar-refractivity contribution is -0.117. The van der Waals surface area contributed by atoms with Gasteiger partial charge in [-0.15, -0.1) is 0 Å². The summed E-state index contributed by atoms with van der Waals surface area (Å²) in [7, 11) is 0. The molecule has 0 N–H and O–H groups in total. The second-order valence-electron chi connectivity index (χ2n) is 9.25. The van der Waals surface area contributed by atoms with Crippen LogP contribution in [0.25, 0.3) is 16.6 Å². The summed E-state index contributed by atoms with van der Waals surface area (Å²) in [4.78, 5) is 28.0. The fraction of sp³-hybridized carbons (Fsp3) is 0.226. The molecule has 1 atom stereocenters. The van der Waals surface area contributed by atoms with Gasteiger partial charge in [-0.2, -0.15) is 0 Å². The van der Waals surface area contributed by atoms with Crippen LogP contribution in [0.5, 0.6) is 0 Å². The number of benzene rings is 3. The van der Waals surface area contributed by atoms with Gasteiger partial charge in [0.1, 0.15) is 0 Å². The maximum atomic E-state index is 13.6. The van der Waals surface area contributed by atoms with Crippen LogP contribution in [0.3, 0.4) is 0 Å². The summed E-state index contributed by atoms with van der Waals surface area (Å²) < 4.78 is 1.78. The first-order valence-electron chi connectivity index (χ1n) is 12.3. The first kappa shape index (κ1) is 22.9. The van der Waals surface area contributed by atoms with Gasteiger partial charge in [0.15, 0.2) is 0 Å². The van der Waals surface area contributed by atoms with Crippen LogP contribution >= 0.6 is 0 Å². The summed E-state index contributed by atoms with van der Waals surface area (Å²) in [5.74, 6) is 0.352. The van der Waals surface area contributed by atoms with Crippen molar-refractivity contribution in [1.82, 2.24) is 4.57 Å². The number of rotatable bonds is 5. The molecule has 4 nitrogen and oxygen atoms in total. The van der Waals surface area contributed by atoms with Gasteiger partial charge >= 0.3 is 0 Å². The Balaban J connectivity index is 1.64. The van der Waals surface area contributed by atoms with Crippen LogP contribution in [0.4, 0.5) is 5.69 Å². The number of hydrogen-bond donors (Lipinski definition) is 0. The zero-order chi connectivity index (χ0) is 24.4. The number of fused-ring (bicyclic) bond motifs is 1. The van der Waals surface area contributed by atoms with Crippen molar-refractivity contribution in [3.05, 3.63) is 118 Å². The van der Waals surface area contributed by atoms with Crippen molar-refractivity contribution in [1.29, 1.82) is 0 Å². The molecule has 176 valence electrons. The molecule has 2 heterocycles. The summed E-state index contributed by atoms with van der Waals surface area (Å²) in [5, 5.41) is 0.995. The average molecular weight is 463 g/mol. The Morgan fingerprint density at radius 2 is 1.60 bits per heavy atom. The van der Waals surface area contributed by atoms with Crippen molar-refractivity contribution in [3.63, 3.8) is 0 Å². The number of hydrogen-bond acceptors (Lipinski definition) is 2. The molecule has 0 bridgehead atoms. The van der Waals surface area contributed by atoms with Crippen LogP contribution in [-0.2, 0) is 17.8 Å². The highest BCUT2D eigenvalue weighted by molar-refractivity contribution is 6.07. The molecule has 3 aromatic carbocycles. The molecule has 4 heteroatoms. The lowest BCUT2D eigenvalue weighted by Gasteiger charge is -2.26. The first-order valence-corrected chi connectivity index (χ1v) is 12.3. The maximum absolute atomic E-state index is 13.6. The Morgan fingerprint density at radius 1 is 0.886 bits per heavy atom. The van der Waals surface area contributed by atoms with E-state index in [0.717, 1.165) is 46.3 Å². The highest BCUT2D eigenvalue weighted by Crippen LogP contribution is 2.35. The molecule has 35 heavy (non-hydrogen) atoms. The molecule has 4 aromatic rings. The fourth-order valence-corrected chi connectivity index (χ4v) is 5.13. The molecule has 1 amide bonds. The molecule has 1 aromatic heterocycles. The largest absolute Gasteiger partial charge is 0.309 e. The standard InChI is InChI=1S/C31H30N2O2/c1-3-32-28-16-15-26(21-27(28)22(2)18-31(32)35)33-29(25-12-8-5-9-13-25)20-24(14-17-30(33)34)19-23-10-6-4-7-11-23/h4-13,15-16,18,20-21,24H,3,14,17,19H2,1-2H3. The van der Waals surface area contributed by atoms with Gasteiger partial charge in [0, 0.05) is 30.1 Å². The number of aromatic nitrogens is 1. The lowest BCUT2D eigenvalue weighted by Crippen LogP contribution is -2.28. The third kappa shape index (κ3) is 4.57. The number of aryl methyl sites for hydroxylation is 2. The van der Waals surface area contributed by atoms with Crippen molar-refractivity contribution in [3.8, 4) is 0 Å². The van der Waals surface area contributed by atoms with Crippen LogP contribution in [0.2, 0.25) is 0 Å². The Morgan fingerprint density at radius 3 is 2.31 bits per heavy atom. The van der Waals surface area contributed by atoms with E-state index < -0.39 is 0 Å².